The molecule has 1 saturated carbocycles. The van der Waals surface area contributed by atoms with Gasteiger partial charge in [-0.25, -0.2) is 27.2 Å². The van der Waals surface area contributed by atoms with Gasteiger partial charge in [-0.05, 0) is 54.0 Å². The fraction of sp³-hybridized carbons (Fsp3) is 0.391. The van der Waals surface area contributed by atoms with Gasteiger partial charge in [0.2, 0.25) is 15.0 Å². The van der Waals surface area contributed by atoms with Crippen molar-refractivity contribution in [3.8, 4) is 11.3 Å². The number of aromatic nitrogens is 4. The molecule has 0 saturated heterocycles. The highest BCUT2D eigenvalue weighted by Crippen LogP contribution is 2.69. The normalized spacial score (nSPS) is 23.3. The maximum absolute atomic E-state index is 14.4. The molecule has 166 valence electrons. The van der Waals surface area contributed by atoms with E-state index in [9.17, 15) is 17.2 Å². The Morgan fingerprint density at radius 3 is 2.53 bits per heavy atom. The van der Waals surface area contributed by atoms with Crippen molar-refractivity contribution in [3.63, 3.8) is 0 Å². The van der Waals surface area contributed by atoms with Crippen LogP contribution in [0.3, 0.4) is 0 Å². The summed E-state index contributed by atoms with van der Waals surface area (Å²) >= 11 is 0. The largest absolute Gasteiger partial charge is 0.247 e. The van der Waals surface area contributed by atoms with Gasteiger partial charge in [0, 0.05) is 6.20 Å². The molecule has 2 aliphatic rings. The molecule has 2 heterocycles. The molecular weight excluding hydrogens is 434 g/mol. The highest BCUT2D eigenvalue weighted by atomic mass is 32.2. The lowest BCUT2D eigenvalue weighted by Crippen LogP contribution is -2.38. The molecule has 0 N–H and O–H groups in total. The SMILES string of the molecule is CCS(=O)(=O)c1nccc([C@@]23CC[C@@H](c4cc(-c5c(F)cccc5F)nnc42)C3(C)C)n1. The van der Waals surface area contributed by atoms with Crippen LogP contribution in [0.2, 0.25) is 0 Å². The molecule has 9 heteroatoms. The zero-order valence-electron chi connectivity index (χ0n) is 17.9. The van der Waals surface area contributed by atoms with Crippen LogP contribution in [0.5, 0.6) is 0 Å². The van der Waals surface area contributed by atoms with Crippen molar-refractivity contribution < 1.29 is 17.2 Å². The topological polar surface area (TPSA) is 85.7 Å². The van der Waals surface area contributed by atoms with E-state index in [-0.39, 0.29) is 33.5 Å². The summed E-state index contributed by atoms with van der Waals surface area (Å²) in [6, 6.07) is 7.16. The molecule has 0 spiro atoms. The van der Waals surface area contributed by atoms with E-state index in [0.717, 1.165) is 18.4 Å². The van der Waals surface area contributed by atoms with Crippen molar-refractivity contribution in [2.75, 3.05) is 5.75 Å². The Hall–Kier alpha value is -2.81. The smallest absolute Gasteiger partial charge is 0.227 e. The molecule has 0 unspecified atom stereocenters. The predicted molar refractivity (Wildman–Crippen MR) is 114 cm³/mol. The maximum atomic E-state index is 14.4. The first-order chi connectivity index (χ1) is 15.1. The van der Waals surface area contributed by atoms with E-state index < -0.39 is 26.9 Å². The molecule has 2 bridgehead atoms. The van der Waals surface area contributed by atoms with Gasteiger partial charge in [0.05, 0.1) is 33.8 Å². The minimum atomic E-state index is -3.58. The molecule has 5 rings (SSSR count). The lowest BCUT2D eigenvalue weighted by atomic mass is 9.66. The van der Waals surface area contributed by atoms with Crippen molar-refractivity contribution in [1.29, 1.82) is 0 Å². The Labute approximate surface area is 185 Å². The van der Waals surface area contributed by atoms with Gasteiger partial charge in [0.25, 0.3) is 0 Å². The summed E-state index contributed by atoms with van der Waals surface area (Å²) in [5.74, 6) is -1.41. The average molecular weight is 457 g/mol. The quantitative estimate of drug-likeness (QED) is 0.547. The number of rotatable bonds is 4. The first-order valence-electron chi connectivity index (χ1n) is 10.5. The fourth-order valence-electron chi connectivity index (χ4n) is 5.61. The van der Waals surface area contributed by atoms with Crippen LogP contribution in [0.4, 0.5) is 8.78 Å². The van der Waals surface area contributed by atoms with Crippen molar-refractivity contribution in [2.24, 2.45) is 5.41 Å². The van der Waals surface area contributed by atoms with Crippen LogP contribution >= 0.6 is 0 Å². The third-order valence-corrected chi connectivity index (χ3v) is 8.84. The molecule has 0 radical (unpaired) electrons. The monoisotopic (exact) mass is 456 g/mol. The van der Waals surface area contributed by atoms with Gasteiger partial charge < -0.3 is 0 Å². The molecule has 0 aliphatic heterocycles. The second-order valence-electron chi connectivity index (χ2n) is 8.98. The Bertz CT molecular complexity index is 1340. The van der Waals surface area contributed by atoms with Crippen LogP contribution in [-0.2, 0) is 15.3 Å². The average Bonchev–Trinajstić information content (AvgIpc) is 3.15. The van der Waals surface area contributed by atoms with Crippen molar-refractivity contribution in [3.05, 3.63) is 65.1 Å². The summed E-state index contributed by atoms with van der Waals surface area (Å²) in [4.78, 5) is 8.47. The Balaban J connectivity index is 1.72. The summed E-state index contributed by atoms with van der Waals surface area (Å²) in [6.45, 7) is 5.76. The highest BCUT2D eigenvalue weighted by Gasteiger charge is 2.65. The molecule has 32 heavy (non-hydrogen) atoms. The zero-order valence-corrected chi connectivity index (χ0v) is 18.7. The summed E-state index contributed by atoms with van der Waals surface area (Å²) in [7, 11) is -3.58. The van der Waals surface area contributed by atoms with Crippen LogP contribution in [0.15, 0.2) is 41.7 Å². The summed E-state index contributed by atoms with van der Waals surface area (Å²) in [6.07, 6.45) is 3.02. The Morgan fingerprint density at radius 2 is 1.84 bits per heavy atom. The molecule has 1 aromatic carbocycles. The van der Waals surface area contributed by atoms with E-state index in [2.05, 4.69) is 34.0 Å². The summed E-state index contributed by atoms with van der Waals surface area (Å²) in [5, 5.41) is 8.46. The van der Waals surface area contributed by atoms with E-state index in [1.807, 2.05) is 0 Å². The number of hydrogen-bond donors (Lipinski definition) is 0. The minimum absolute atomic E-state index is 0.0720. The van der Waals surface area contributed by atoms with Crippen molar-refractivity contribution in [2.45, 2.75) is 50.1 Å². The van der Waals surface area contributed by atoms with Gasteiger partial charge in [-0.2, -0.15) is 5.10 Å². The third kappa shape index (κ3) is 2.63. The second kappa shape index (κ2) is 6.84. The van der Waals surface area contributed by atoms with E-state index in [1.54, 1.807) is 19.1 Å². The standard InChI is InChI=1S/C23H22F2N4O2S/c1-4-32(30,31)21-26-11-9-18(27-21)23-10-8-14(22(23,2)3)13-12-17(28-29-20(13)23)19-15(24)6-5-7-16(19)25/h5-7,9,11-12,14H,4,8,10H2,1-3H3/t14-,23-/m0/s1. The first-order valence-corrected chi connectivity index (χ1v) is 12.2. The molecule has 2 aliphatic carbocycles. The lowest BCUT2D eigenvalue weighted by molar-refractivity contribution is 0.241. The molecule has 6 nitrogen and oxygen atoms in total. The molecule has 2 aromatic heterocycles. The molecular formula is C23H22F2N4O2S. The number of halogens is 2. The van der Waals surface area contributed by atoms with E-state index >= 15 is 0 Å². The van der Waals surface area contributed by atoms with E-state index in [1.165, 1.54) is 24.4 Å². The summed E-state index contributed by atoms with van der Waals surface area (Å²) in [5.41, 5.74) is 1.10. The van der Waals surface area contributed by atoms with Crippen molar-refractivity contribution >= 4 is 9.84 Å². The lowest BCUT2D eigenvalue weighted by Gasteiger charge is -2.37. The number of sulfone groups is 1. The molecule has 1 fully saturated rings. The number of nitrogens with zero attached hydrogens (tertiary/aromatic N) is 4. The first kappa shape index (κ1) is 21.1. The minimum Gasteiger partial charge on any atom is -0.227 e. The zero-order chi connectivity index (χ0) is 22.9. The van der Waals surface area contributed by atoms with Gasteiger partial charge in [-0.3, -0.25) is 0 Å². The molecule has 0 amide bonds. The third-order valence-electron chi connectivity index (χ3n) is 7.33. The number of benzene rings is 1. The predicted octanol–water partition coefficient (Wildman–Crippen LogP) is 4.21. The van der Waals surface area contributed by atoms with E-state index in [4.69, 9.17) is 0 Å². The highest BCUT2D eigenvalue weighted by molar-refractivity contribution is 7.91. The van der Waals surface area contributed by atoms with Crippen LogP contribution in [0, 0.1) is 17.0 Å². The second-order valence-corrected chi connectivity index (χ2v) is 11.1. The van der Waals surface area contributed by atoms with Crippen LogP contribution in [0.1, 0.15) is 56.5 Å². The van der Waals surface area contributed by atoms with Gasteiger partial charge in [-0.1, -0.05) is 26.8 Å². The molecule has 2 atom stereocenters. The van der Waals surface area contributed by atoms with Crippen LogP contribution in [-0.4, -0.2) is 34.3 Å². The van der Waals surface area contributed by atoms with Gasteiger partial charge in [0.1, 0.15) is 11.6 Å². The maximum Gasteiger partial charge on any atom is 0.247 e. The Morgan fingerprint density at radius 1 is 1.12 bits per heavy atom. The van der Waals surface area contributed by atoms with Gasteiger partial charge in [-0.15, -0.1) is 5.10 Å². The van der Waals surface area contributed by atoms with Gasteiger partial charge >= 0.3 is 0 Å². The number of hydrogen-bond acceptors (Lipinski definition) is 6. The Kier molecular flexibility index (Phi) is 4.50. The molecule has 3 aromatic rings. The fourth-order valence-corrected chi connectivity index (χ4v) is 6.33. The number of fused-ring (bicyclic) bond motifs is 5. The summed E-state index contributed by atoms with van der Waals surface area (Å²) < 4.78 is 53.6. The van der Waals surface area contributed by atoms with Crippen molar-refractivity contribution in [1.82, 2.24) is 20.2 Å². The van der Waals surface area contributed by atoms with E-state index in [0.29, 0.717) is 11.4 Å². The van der Waals surface area contributed by atoms with Gasteiger partial charge in [0.15, 0.2) is 0 Å². The van der Waals surface area contributed by atoms with Crippen LogP contribution < -0.4 is 0 Å². The van der Waals surface area contributed by atoms with Crippen LogP contribution in [0.25, 0.3) is 11.3 Å².